The second-order valence-corrected chi connectivity index (χ2v) is 13.3. The van der Waals surface area contributed by atoms with Crippen LogP contribution in [0.5, 0.6) is 0 Å². The maximum Gasteiger partial charge on any atom is 0.287 e. The summed E-state index contributed by atoms with van der Waals surface area (Å²) in [7, 11) is 0. The highest BCUT2D eigenvalue weighted by Crippen LogP contribution is 2.47. The predicted octanol–water partition coefficient (Wildman–Crippen LogP) is 6.44. The van der Waals surface area contributed by atoms with E-state index in [4.69, 9.17) is 16.0 Å². The SMILES string of the molecule is Cc1ccc2oc(C(=O)N[C@H](CCN3CCC(Cn4cncn4)(C4CCCCC4)CC3)Cc3ccc(Cl)cc3)cc(=O)c2c1. The Morgan fingerprint density at radius 2 is 1.86 bits per heavy atom. The summed E-state index contributed by atoms with van der Waals surface area (Å²) in [6.07, 6.45) is 13.9. The highest BCUT2D eigenvalue weighted by atomic mass is 35.5. The molecule has 44 heavy (non-hydrogen) atoms. The quantitative estimate of drug-likeness (QED) is 0.221. The average molecular weight is 616 g/mol. The van der Waals surface area contributed by atoms with Gasteiger partial charge in [-0.05, 0) is 99.7 Å². The molecule has 1 aliphatic carbocycles. The van der Waals surface area contributed by atoms with Crippen molar-refractivity contribution in [1.82, 2.24) is 25.0 Å². The van der Waals surface area contributed by atoms with Crippen LogP contribution in [-0.2, 0) is 13.0 Å². The van der Waals surface area contributed by atoms with Gasteiger partial charge < -0.3 is 14.6 Å². The molecule has 4 aromatic rings. The molecule has 0 radical (unpaired) electrons. The molecule has 8 nitrogen and oxygen atoms in total. The van der Waals surface area contributed by atoms with Gasteiger partial charge in [0.05, 0.1) is 5.39 Å². The summed E-state index contributed by atoms with van der Waals surface area (Å²) in [5, 5.41) is 8.82. The number of rotatable bonds is 10. The van der Waals surface area contributed by atoms with Gasteiger partial charge in [0.25, 0.3) is 5.91 Å². The Hall–Kier alpha value is -3.49. The van der Waals surface area contributed by atoms with Crippen molar-refractivity contribution in [3.8, 4) is 0 Å². The van der Waals surface area contributed by atoms with Gasteiger partial charge in [-0.3, -0.25) is 14.3 Å². The number of nitrogens with one attached hydrogen (secondary N) is 1. The number of carbonyl (C=O) groups is 1. The van der Waals surface area contributed by atoms with Crippen molar-refractivity contribution in [3.05, 3.63) is 93.3 Å². The van der Waals surface area contributed by atoms with Gasteiger partial charge in [-0.2, -0.15) is 5.10 Å². The lowest BCUT2D eigenvalue weighted by molar-refractivity contribution is 0.0104. The molecule has 1 saturated heterocycles. The molecule has 1 amide bonds. The van der Waals surface area contributed by atoms with Gasteiger partial charge in [0.2, 0.25) is 0 Å². The number of halogens is 1. The van der Waals surface area contributed by atoms with Crippen molar-refractivity contribution in [2.45, 2.75) is 77.3 Å². The van der Waals surface area contributed by atoms with Gasteiger partial charge >= 0.3 is 0 Å². The Morgan fingerprint density at radius 3 is 2.59 bits per heavy atom. The smallest absolute Gasteiger partial charge is 0.287 e. The summed E-state index contributed by atoms with van der Waals surface area (Å²) in [6.45, 7) is 5.81. The fourth-order valence-corrected chi connectivity index (χ4v) is 7.50. The van der Waals surface area contributed by atoms with Crippen LogP contribution in [0.15, 0.2) is 70.4 Å². The number of hydrogen-bond donors (Lipinski definition) is 1. The third-order valence-corrected chi connectivity index (χ3v) is 10.1. The summed E-state index contributed by atoms with van der Waals surface area (Å²) < 4.78 is 7.93. The number of piperidine rings is 1. The van der Waals surface area contributed by atoms with Crippen molar-refractivity contribution in [2.24, 2.45) is 11.3 Å². The fourth-order valence-electron chi connectivity index (χ4n) is 7.38. The Kier molecular flexibility index (Phi) is 9.47. The van der Waals surface area contributed by atoms with Gasteiger partial charge in [0.1, 0.15) is 18.2 Å². The summed E-state index contributed by atoms with van der Waals surface area (Å²) in [6, 6.07) is 14.4. The third kappa shape index (κ3) is 7.24. The lowest BCUT2D eigenvalue weighted by atomic mass is 9.63. The van der Waals surface area contributed by atoms with Crippen molar-refractivity contribution >= 4 is 28.5 Å². The van der Waals surface area contributed by atoms with Crippen LogP contribution in [0.1, 0.15) is 73.0 Å². The van der Waals surface area contributed by atoms with E-state index in [0.29, 0.717) is 22.4 Å². The standard InChI is InChI=1S/C35H42ClN5O3/c1-25-7-12-32-30(19-25)31(42)21-33(44-32)34(43)39-29(20-26-8-10-28(36)11-9-26)13-16-40-17-14-35(15-18-40,22-41-24-37-23-38-41)27-5-3-2-4-6-27/h7-12,19,21,23-24,27,29H,2-6,13-18,20,22H2,1H3,(H,39,43)/t29-/m1/s1. The van der Waals surface area contributed by atoms with E-state index < -0.39 is 0 Å². The number of fused-ring (bicyclic) bond motifs is 1. The molecule has 3 heterocycles. The monoisotopic (exact) mass is 615 g/mol. The minimum absolute atomic E-state index is 0.0378. The molecule has 0 unspecified atom stereocenters. The summed E-state index contributed by atoms with van der Waals surface area (Å²) in [4.78, 5) is 33.0. The minimum atomic E-state index is -0.369. The van der Waals surface area contributed by atoms with E-state index in [1.807, 2.05) is 48.3 Å². The van der Waals surface area contributed by atoms with E-state index in [0.717, 1.165) is 62.5 Å². The van der Waals surface area contributed by atoms with Crippen LogP contribution in [-0.4, -0.2) is 51.2 Å². The normalized spacial score (nSPS) is 18.3. The van der Waals surface area contributed by atoms with E-state index in [9.17, 15) is 9.59 Å². The zero-order valence-electron chi connectivity index (χ0n) is 25.5. The first-order chi connectivity index (χ1) is 21.4. The van der Waals surface area contributed by atoms with Crippen LogP contribution in [0, 0.1) is 18.3 Å². The van der Waals surface area contributed by atoms with E-state index in [2.05, 4.69) is 20.3 Å². The molecule has 232 valence electrons. The zero-order chi connectivity index (χ0) is 30.5. The van der Waals surface area contributed by atoms with Crippen LogP contribution < -0.4 is 10.7 Å². The molecule has 0 bridgehead atoms. The molecule has 2 fully saturated rings. The van der Waals surface area contributed by atoms with E-state index in [-0.39, 0.29) is 28.6 Å². The molecule has 6 rings (SSSR count). The van der Waals surface area contributed by atoms with Gasteiger partial charge in [-0.25, -0.2) is 4.98 Å². The molecule has 2 aliphatic rings. The number of aryl methyl sites for hydroxylation is 1. The number of carbonyl (C=O) groups excluding carboxylic acids is 1. The topological polar surface area (TPSA) is 93.3 Å². The van der Waals surface area contributed by atoms with Crippen LogP contribution in [0.2, 0.25) is 5.02 Å². The Bertz CT molecular complexity index is 1600. The van der Waals surface area contributed by atoms with Crippen LogP contribution >= 0.6 is 11.6 Å². The second-order valence-electron chi connectivity index (χ2n) is 12.9. The molecule has 9 heteroatoms. The molecule has 1 N–H and O–H groups in total. The number of likely N-dealkylation sites (tertiary alicyclic amines) is 1. The fraction of sp³-hybridized carbons (Fsp3) is 0.486. The van der Waals surface area contributed by atoms with Crippen LogP contribution in [0.25, 0.3) is 11.0 Å². The molecule has 2 aromatic heterocycles. The van der Waals surface area contributed by atoms with Crippen LogP contribution in [0.3, 0.4) is 0 Å². The second kappa shape index (κ2) is 13.7. The molecule has 1 saturated carbocycles. The minimum Gasteiger partial charge on any atom is -0.451 e. The van der Waals surface area contributed by atoms with Crippen molar-refractivity contribution in [1.29, 1.82) is 0 Å². The maximum atomic E-state index is 13.4. The Morgan fingerprint density at radius 1 is 1.09 bits per heavy atom. The van der Waals surface area contributed by atoms with Crippen molar-refractivity contribution < 1.29 is 9.21 Å². The lowest BCUT2D eigenvalue weighted by Crippen LogP contribution is -2.48. The summed E-state index contributed by atoms with van der Waals surface area (Å²) >= 11 is 6.14. The predicted molar refractivity (Wildman–Crippen MR) is 173 cm³/mol. The highest BCUT2D eigenvalue weighted by molar-refractivity contribution is 6.30. The summed E-state index contributed by atoms with van der Waals surface area (Å²) in [5.74, 6) is 0.405. The number of hydrogen-bond acceptors (Lipinski definition) is 6. The van der Waals surface area contributed by atoms with Gasteiger partial charge in [0.15, 0.2) is 11.2 Å². The first-order valence-corrected chi connectivity index (χ1v) is 16.4. The molecular weight excluding hydrogens is 574 g/mol. The largest absolute Gasteiger partial charge is 0.451 e. The number of nitrogens with zero attached hydrogens (tertiary/aromatic N) is 4. The molecule has 1 aliphatic heterocycles. The van der Waals surface area contributed by atoms with Gasteiger partial charge in [0, 0.05) is 30.2 Å². The molecule has 1 atom stereocenters. The van der Waals surface area contributed by atoms with E-state index in [1.165, 1.54) is 38.2 Å². The number of amides is 1. The van der Waals surface area contributed by atoms with E-state index in [1.54, 1.807) is 18.5 Å². The third-order valence-electron chi connectivity index (χ3n) is 9.90. The van der Waals surface area contributed by atoms with Gasteiger partial charge in [-0.15, -0.1) is 0 Å². The van der Waals surface area contributed by atoms with Gasteiger partial charge in [-0.1, -0.05) is 54.6 Å². The zero-order valence-corrected chi connectivity index (χ0v) is 26.3. The van der Waals surface area contributed by atoms with Crippen molar-refractivity contribution in [2.75, 3.05) is 19.6 Å². The average Bonchev–Trinajstić information content (AvgIpc) is 3.55. The number of benzene rings is 2. The van der Waals surface area contributed by atoms with Crippen molar-refractivity contribution in [3.63, 3.8) is 0 Å². The Balaban J connectivity index is 1.14. The molecule has 0 spiro atoms. The highest BCUT2D eigenvalue weighted by Gasteiger charge is 2.42. The van der Waals surface area contributed by atoms with E-state index >= 15 is 0 Å². The molecular formula is C35H42ClN5O3. The Labute approximate surface area is 263 Å². The maximum absolute atomic E-state index is 13.4. The van der Waals surface area contributed by atoms with Crippen LogP contribution in [0.4, 0.5) is 0 Å². The summed E-state index contributed by atoms with van der Waals surface area (Å²) in [5.41, 5.74) is 2.53. The lowest BCUT2D eigenvalue weighted by Gasteiger charge is -2.48. The first kappa shape index (κ1) is 30.5. The number of aromatic nitrogens is 3. The first-order valence-electron chi connectivity index (χ1n) is 16.0. The molecule has 2 aromatic carbocycles.